The van der Waals surface area contributed by atoms with Gasteiger partial charge in [-0.3, -0.25) is 4.79 Å². The van der Waals surface area contributed by atoms with Gasteiger partial charge in [-0.1, -0.05) is 22.0 Å². The molecular formula is C13H15Br2NO2. The van der Waals surface area contributed by atoms with Gasteiger partial charge >= 0.3 is 0 Å². The van der Waals surface area contributed by atoms with Gasteiger partial charge in [-0.25, -0.2) is 0 Å². The van der Waals surface area contributed by atoms with Gasteiger partial charge in [-0.2, -0.15) is 0 Å². The average Bonchev–Trinajstić information content (AvgIpc) is 2.38. The fourth-order valence-corrected chi connectivity index (χ4v) is 3.20. The predicted octanol–water partition coefficient (Wildman–Crippen LogP) is 2.99. The third kappa shape index (κ3) is 2.95. The van der Waals surface area contributed by atoms with Crippen molar-refractivity contribution in [2.75, 3.05) is 25.1 Å². The molecule has 0 aliphatic carbocycles. The molecule has 0 spiro atoms. The van der Waals surface area contributed by atoms with Crippen LogP contribution in [-0.2, 0) is 4.74 Å². The van der Waals surface area contributed by atoms with Crippen LogP contribution in [-0.4, -0.2) is 41.9 Å². The standard InChI is InChI=1S/C13H15Br2NO2/c1-9-2-3-11(12(15)6-9)13(17)16-4-5-18-8-10(16)7-14/h2-3,6,10H,4-5,7-8H2,1H3. The maximum Gasteiger partial charge on any atom is 0.255 e. The quantitative estimate of drug-likeness (QED) is 0.742. The molecule has 1 unspecified atom stereocenters. The average molecular weight is 377 g/mol. The number of carbonyl (C=O) groups is 1. The van der Waals surface area contributed by atoms with Gasteiger partial charge in [0.2, 0.25) is 0 Å². The third-order valence-corrected chi connectivity index (χ3v) is 4.42. The van der Waals surface area contributed by atoms with Crippen LogP contribution in [0.1, 0.15) is 15.9 Å². The summed E-state index contributed by atoms with van der Waals surface area (Å²) in [6.45, 7) is 3.86. The number of benzene rings is 1. The van der Waals surface area contributed by atoms with Crippen molar-refractivity contribution in [3.8, 4) is 0 Å². The van der Waals surface area contributed by atoms with Crippen LogP contribution in [0.15, 0.2) is 22.7 Å². The number of halogens is 2. The van der Waals surface area contributed by atoms with E-state index in [4.69, 9.17) is 4.74 Å². The van der Waals surface area contributed by atoms with Crippen molar-refractivity contribution in [2.45, 2.75) is 13.0 Å². The van der Waals surface area contributed by atoms with E-state index in [9.17, 15) is 4.79 Å². The van der Waals surface area contributed by atoms with Crippen molar-refractivity contribution in [1.29, 1.82) is 0 Å². The molecule has 0 bridgehead atoms. The fraction of sp³-hybridized carbons (Fsp3) is 0.462. The van der Waals surface area contributed by atoms with Crippen LogP contribution >= 0.6 is 31.9 Å². The van der Waals surface area contributed by atoms with Crippen LogP contribution in [0.3, 0.4) is 0 Å². The zero-order valence-corrected chi connectivity index (χ0v) is 13.3. The molecule has 0 N–H and O–H groups in total. The van der Waals surface area contributed by atoms with Crippen LogP contribution in [0.25, 0.3) is 0 Å². The Morgan fingerprint density at radius 3 is 3.00 bits per heavy atom. The van der Waals surface area contributed by atoms with Gasteiger partial charge in [0.25, 0.3) is 5.91 Å². The van der Waals surface area contributed by atoms with Gasteiger partial charge in [0.15, 0.2) is 0 Å². The summed E-state index contributed by atoms with van der Waals surface area (Å²) in [4.78, 5) is 14.4. The van der Waals surface area contributed by atoms with E-state index in [1.54, 1.807) is 0 Å². The van der Waals surface area contributed by atoms with Crippen molar-refractivity contribution in [3.63, 3.8) is 0 Å². The zero-order chi connectivity index (χ0) is 13.1. The minimum Gasteiger partial charge on any atom is -0.377 e. The Morgan fingerprint density at radius 2 is 2.33 bits per heavy atom. The number of aryl methyl sites for hydroxylation is 1. The lowest BCUT2D eigenvalue weighted by atomic mass is 10.1. The largest absolute Gasteiger partial charge is 0.377 e. The molecule has 5 heteroatoms. The first-order valence-electron chi connectivity index (χ1n) is 5.84. The highest BCUT2D eigenvalue weighted by molar-refractivity contribution is 9.10. The number of hydrogen-bond donors (Lipinski definition) is 0. The van der Waals surface area contributed by atoms with Crippen LogP contribution in [0, 0.1) is 6.92 Å². The molecule has 2 rings (SSSR count). The number of carbonyl (C=O) groups excluding carboxylic acids is 1. The van der Waals surface area contributed by atoms with Gasteiger partial charge in [0.05, 0.1) is 24.8 Å². The number of hydrogen-bond acceptors (Lipinski definition) is 2. The molecule has 1 aliphatic rings. The summed E-state index contributed by atoms with van der Waals surface area (Å²) < 4.78 is 6.26. The molecule has 1 saturated heterocycles. The van der Waals surface area contributed by atoms with Crippen molar-refractivity contribution in [2.24, 2.45) is 0 Å². The van der Waals surface area contributed by atoms with Gasteiger partial charge in [0, 0.05) is 16.3 Å². The lowest BCUT2D eigenvalue weighted by Crippen LogP contribution is -2.49. The second-order valence-corrected chi connectivity index (χ2v) is 5.87. The Kier molecular flexibility index (Phi) is 4.81. The first kappa shape index (κ1) is 14.0. The summed E-state index contributed by atoms with van der Waals surface area (Å²) in [7, 11) is 0. The molecule has 0 aromatic heterocycles. The molecule has 1 aliphatic heterocycles. The molecule has 1 amide bonds. The van der Waals surface area contributed by atoms with Crippen molar-refractivity contribution < 1.29 is 9.53 Å². The van der Waals surface area contributed by atoms with E-state index in [0.717, 1.165) is 15.4 Å². The highest BCUT2D eigenvalue weighted by Gasteiger charge is 2.28. The van der Waals surface area contributed by atoms with E-state index < -0.39 is 0 Å². The first-order chi connectivity index (χ1) is 8.63. The van der Waals surface area contributed by atoms with E-state index >= 15 is 0 Å². The topological polar surface area (TPSA) is 29.5 Å². The summed E-state index contributed by atoms with van der Waals surface area (Å²) in [5.41, 5.74) is 1.85. The minimum absolute atomic E-state index is 0.0645. The van der Waals surface area contributed by atoms with E-state index in [-0.39, 0.29) is 11.9 Å². The van der Waals surface area contributed by atoms with Gasteiger partial charge in [0.1, 0.15) is 0 Å². The molecule has 1 aromatic carbocycles. The van der Waals surface area contributed by atoms with Gasteiger partial charge in [-0.05, 0) is 40.5 Å². The molecule has 0 saturated carbocycles. The van der Waals surface area contributed by atoms with E-state index in [1.165, 1.54) is 0 Å². The molecule has 1 aromatic rings. The number of rotatable bonds is 2. The summed E-state index contributed by atoms with van der Waals surface area (Å²) in [5.74, 6) is 0.0645. The maximum absolute atomic E-state index is 12.5. The summed E-state index contributed by atoms with van der Waals surface area (Å²) in [5, 5.41) is 0.738. The number of amides is 1. The van der Waals surface area contributed by atoms with E-state index in [1.807, 2.05) is 30.0 Å². The van der Waals surface area contributed by atoms with Crippen LogP contribution in [0.5, 0.6) is 0 Å². The maximum atomic E-state index is 12.5. The van der Waals surface area contributed by atoms with E-state index in [0.29, 0.717) is 25.3 Å². The molecule has 3 nitrogen and oxygen atoms in total. The highest BCUT2D eigenvalue weighted by atomic mass is 79.9. The van der Waals surface area contributed by atoms with E-state index in [2.05, 4.69) is 31.9 Å². The normalized spacial score (nSPS) is 19.9. The SMILES string of the molecule is Cc1ccc(C(=O)N2CCOCC2CBr)c(Br)c1. The number of alkyl halides is 1. The summed E-state index contributed by atoms with van der Waals surface area (Å²) in [6, 6.07) is 5.92. The molecule has 1 atom stereocenters. The Labute approximate surface area is 124 Å². The third-order valence-electron chi connectivity index (χ3n) is 3.02. The smallest absolute Gasteiger partial charge is 0.255 e. The zero-order valence-electron chi connectivity index (χ0n) is 10.2. The Balaban J connectivity index is 2.24. The Morgan fingerprint density at radius 1 is 1.56 bits per heavy atom. The fourth-order valence-electron chi connectivity index (χ4n) is 2.00. The molecule has 98 valence electrons. The Bertz CT molecular complexity index is 451. The number of ether oxygens (including phenoxy) is 1. The van der Waals surface area contributed by atoms with Crippen molar-refractivity contribution >= 4 is 37.8 Å². The summed E-state index contributed by atoms with van der Waals surface area (Å²) in [6.07, 6.45) is 0. The molecule has 0 radical (unpaired) electrons. The first-order valence-corrected chi connectivity index (χ1v) is 7.75. The van der Waals surface area contributed by atoms with Crippen LogP contribution in [0.2, 0.25) is 0 Å². The van der Waals surface area contributed by atoms with Crippen molar-refractivity contribution in [3.05, 3.63) is 33.8 Å². The van der Waals surface area contributed by atoms with Crippen molar-refractivity contribution in [1.82, 2.24) is 4.90 Å². The molecule has 1 fully saturated rings. The second-order valence-electron chi connectivity index (χ2n) is 4.36. The monoisotopic (exact) mass is 375 g/mol. The van der Waals surface area contributed by atoms with Crippen LogP contribution < -0.4 is 0 Å². The molecule has 1 heterocycles. The van der Waals surface area contributed by atoms with Gasteiger partial charge < -0.3 is 9.64 Å². The van der Waals surface area contributed by atoms with Crippen LogP contribution in [0.4, 0.5) is 0 Å². The lowest BCUT2D eigenvalue weighted by Gasteiger charge is -2.34. The molecular weight excluding hydrogens is 362 g/mol. The highest BCUT2D eigenvalue weighted by Crippen LogP contribution is 2.22. The Hall–Kier alpha value is -0.390. The second kappa shape index (κ2) is 6.17. The lowest BCUT2D eigenvalue weighted by molar-refractivity contribution is 0.00519. The number of nitrogens with zero attached hydrogens (tertiary/aromatic N) is 1. The minimum atomic E-state index is 0.0645. The van der Waals surface area contributed by atoms with Gasteiger partial charge in [-0.15, -0.1) is 0 Å². The summed E-state index contributed by atoms with van der Waals surface area (Å²) >= 11 is 6.90. The predicted molar refractivity (Wildman–Crippen MR) is 78.3 cm³/mol. The number of morpholine rings is 1. The molecule has 18 heavy (non-hydrogen) atoms.